The summed E-state index contributed by atoms with van der Waals surface area (Å²) >= 11 is 2.82. The van der Waals surface area contributed by atoms with Gasteiger partial charge in [0.1, 0.15) is 12.3 Å². The van der Waals surface area contributed by atoms with E-state index in [0.717, 1.165) is 27.1 Å². The highest BCUT2D eigenvalue weighted by atomic mass is 32.2. The Morgan fingerprint density at radius 3 is 2.94 bits per heavy atom. The number of thiazole rings is 1. The fourth-order valence-corrected chi connectivity index (χ4v) is 6.73. The lowest BCUT2D eigenvalue weighted by Gasteiger charge is -2.46. The average molecular weight is 478 g/mol. The van der Waals surface area contributed by atoms with Crippen LogP contribution in [0, 0.1) is 11.8 Å². The summed E-state index contributed by atoms with van der Waals surface area (Å²) in [5, 5.41) is 21.8. The molecule has 3 aliphatic rings. The Kier molecular flexibility index (Phi) is 6.60. The molecule has 1 saturated heterocycles. The summed E-state index contributed by atoms with van der Waals surface area (Å²) in [4.78, 5) is 34.6. The number of fused-ring (bicyclic) bond motifs is 1. The second-order valence-corrected chi connectivity index (χ2v) is 10.4. The summed E-state index contributed by atoms with van der Waals surface area (Å²) in [6, 6.07) is -0.365. The third-order valence-electron chi connectivity index (χ3n) is 6.27. The Morgan fingerprint density at radius 2 is 2.28 bits per heavy atom. The number of aromatic nitrogens is 1. The highest BCUT2D eigenvalue weighted by Crippen LogP contribution is 2.52. The van der Waals surface area contributed by atoms with Gasteiger partial charge in [-0.3, -0.25) is 9.69 Å². The molecule has 1 aromatic heterocycles. The molecule has 4 rings (SSSR count). The number of esters is 1. The van der Waals surface area contributed by atoms with E-state index in [-0.39, 0.29) is 42.8 Å². The largest absolute Gasteiger partial charge is 0.457 e. The van der Waals surface area contributed by atoms with Crippen molar-refractivity contribution in [1.29, 1.82) is 0 Å². The number of likely N-dealkylation sites (N-methyl/N-ethyl adjacent to an activating group) is 1. The second kappa shape index (κ2) is 9.11. The van der Waals surface area contributed by atoms with Gasteiger partial charge in [0, 0.05) is 22.7 Å². The molecule has 10 heteroatoms. The summed E-state index contributed by atoms with van der Waals surface area (Å²) in [7, 11) is 1.96. The lowest BCUT2D eigenvalue weighted by atomic mass is 9.79. The van der Waals surface area contributed by atoms with Crippen molar-refractivity contribution in [1.82, 2.24) is 14.8 Å². The molecule has 4 heterocycles. The predicted molar refractivity (Wildman–Crippen MR) is 123 cm³/mol. The molecule has 2 N–H and O–H groups in total. The van der Waals surface area contributed by atoms with Gasteiger partial charge in [-0.05, 0) is 19.5 Å². The van der Waals surface area contributed by atoms with Gasteiger partial charge in [-0.25, -0.2) is 9.78 Å². The minimum absolute atomic E-state index is 0.0172. The predicted octanol–water partition coefficient (Wildman–Crippen LogP) is 1.72. The molecule has 5 atom stereocenters. The molecular weight excluding hydrogens is 450 g/mol. The molecule has 0 unspecified atom stereocenters. The van der Waals surface area contributed by atoms with Crippen molar-refractivity contribution in [2.24, 2.45) is 11.8 Å². The van der Waals surface area contributed by atoms with Gasteiger partial charge in [0.25, 0.3) is 0 Å². The molecular formula is C22H27N3O5S2. The van der Waals surface area contributed by atoms with Crippen molar-refractivity contribution >= 4 is 40.5 Å². The van der Waals surface area contributed by atoms with Crippen molar-refractivity contribution < 1.29 is 24.5 Å². The number of ether oxygens (including phenoxy) is 1. The summed E-state index contributed by atoms with van der Waals surface area (Å²) in [5.41, 5.74) is 2.04. The van der Waals surface area contributed by atoms with Gasteiger partial charge in [-0.2, -0.15) is 0 Å². The summed E-state index contributed by atoms with van der Waals surface area (Å²) in [6.45, 7) is 7.95. The van der Waals surface area contributed by atoms with E-state index in [0.29, 0.717) is 0 Å². The minimum atomic E-state index is -0.797. The number of amides is 1. The van der Waals surface area contributed by atoms with Crippen LogP contribution in [-0.4, -0.2) is 81.9 Å². The fraction of sp³-hybridized carbons (Fsp3) is 0.500. The summed E-state index contributed by atoms with van der Waals surface area (Å²) < 4.78 is 6.01. The molecule has 0 aliphatic carbocycles. The van der Waals surface area contributed by atoms with Crippen LogP contribution in [0.25, 0.3) is 5.57 Å². The van der Waals surface area contributed by atoms with E-state index in [2.05, 4.69) is 17.6 Å². The standard InChI is InChI=1S/C22H27N3O5S2/c1-5-8-30-21(29)18-19(11(2)17-16(12(3)27)20(28)25(17)18)32-22-23-14(10-31-22)13-6-7-24(4)15(13)9-26/h5-6,10-12,15-17,26-27H,1,7-9H2,2-4H3/t11-,12-,15+,16-,17-/m1/s1. The van der Waals surface area contributed by atoms with Crippen LogP contribution in [0.5, 0.6) is 0 Å². The molecule has 0 radical (unpaired) electrons. The molecule has 0 bridgehead atoms. The molecule has 0 spiro atoms. The van der Waals surface area contributed by atoms with E-state index in [9.17, 15) is 19.8 Å². The van der Waals surface area contributed by atoms with Crippen LogP contribution in [0.1, 0.15) is 19.5 Å². The molecule has 8 nitrogen and oxygen atoms in total. The maximum atomic E-state index is 12.8. The minimum Gasteiger partial charge on any atom is -0.457 e. The van der Waals surface area contributed by atoms with Crippen molar-refractivity contribution in [3.8, 4) is 0 Å². The smallest absolute Gasteiger partial charge is 0.356 e. The lowest BCUT2D eigenvalue weighted by molar-refractivity contribution is -0.164. The number of aliphatic hydroxyl groups excluding tert-OH is 2. The van der Waals surface area contributed by atoms with E-state index < -0.39 is 18.0 Å². The Labute approximate surface area is 195 Å². The van der Waals surface area contributed by atoms with Crippen molar-refractivity contribution in [3.05, 3.63) is 40.4 Å². The normalized spacial score (nSPS) is 28.5. The molecule has 0 saturated carbocycles. The maximum absolute atomic E-state index is 12.8. The number of carbonyl (C=O) groups excluding carboxylic acids is 2. The van der Waals surface area contributed by atoms with E-state index >= 15 is 0 Å². The summed E-state index contributed by atoms with van der Waals surface area (Å²) in [5.74, 6) is -1.52. The zero-order valence-corrected chi connectivity index (χ0v) is 19.9. The van der Waals surface area contributed by atoms with Gasteiger partial charge < -0.3 is 19.8 Å². The van der Waals surface area contributed by atoms with Crippen molar-refractivity contribution in [2.45, 2.75) is 36.4 Å². The molecule has 0 aromatic carbocycles. The molecule has 1 amide bonds. The quantitative estimate of drug-likeness (QED) is 0.332. The molecule has 1 fully saturated rings. The monoisotopic (exact) mass is 477 g/mol. The Bertz CT molecular complexity index is 1000. The van der Waals surface area contributed by atoms with Crippen LogP contribution in [0.15, 0.2) is 39.1 Å². The third-order valence-corrected chi connectivity index (χ3v) is 8.50. The topological polar surface area (TPSA) is 103 Å². The van der Waals surface area contributed by atoms with Gasteiger partial charge in [0.2, 0.25) is 5.91 Å². The van der Waals surface area contributed by atoms with Crippen LogP contribution in [0.2, 0.25) is 0 Å². The second-order valence-electron chi connectivity index (χ2n) is 8.25. The van der Waals surface area contributed by atoms with Crippen molar-refractivity contribution in [3.63, 3.8) is 0 Å². The average Bonchev–Trinajstić information content (AvgIpc) is 3.42. The van der Waals surface area contributed by atoms with E-state index in [1.807, 2.05) is 19.4 Å². The number of nitrogens with zero attached hydrogens (tertiary/aromatic N) is 3. The van der Waals surface area contributed by atoms with Gasteiger partial charge in [0.05, 0.1) is 36.4 Å². The fourth-order valence-electron chi connectivity index (χ4n) is 4.64. The molecule has 32 heavy (non-hydrogen) atoms. The third kappa shape index (κ3) is 3.73. The number of hydrogen-bond donors (Lipinski definition) is 2. The lowest BCUT2D eigenvalue weighted by Crippen LogP contribution is -2.63. The van der Waals surface area contributed by atoms with Crippen LogP contribution in [0.4, 0.5) is 0 Å². The molecule has 3 aliphatic heterocycles. The zero-order chi connectivity index (χ0) is 23.2. The SMILES string of the molecule is C=CCOC(=O)C1=C(Sc2nc(C3=CCN(C)[C@H]3CO)cs2)[C@H](C)[C@@H]2[C@@H]([C@@H](C)O)C(=O)N12. The number of aliphatic hydroxyl groups is 2. The number of rotatable bonds is 8. The molecule has 172 valence electrons. The first-order valence-corrected chi connectivity index (χ1v) is 12.2. The highest BCUT2D eigenvalue weighted by molar-refractivity contribution is 8.04. The zero-order valence-electron chi connectivity index (χ0n) is 18.2. The Hall–Kier alpha value is -1.98. The van der Waals surface area contributed by atoms with Gasteiger partial charge >= 0.3 is 5.97 Å². The molecule has 1 aromatic rings. The van der Waals surface area contributed by atoms with E-state index in [4.69, 9.17) is 9.72 Å². The van der Waals surface area contributed by atoms with E-state index in [1.54, 1.807) is 6.92 Å². The number of thioether (sulfide) groups is 1. The van der Waals surface area contributed by atoms with Crippen LogP contribution in [0.3, 0.4) is 0 Å². The first-order valence-electron chi connectivity index (χ1n) is 10.5. The van der Waals surface area contributed by atoms with Crippen molar-refractivity contribution in [2.75, 3.05) is 26.8 Å². The number of carbonyl (C=O) groups is 2. The number of β-lactam (4-membered cyclic amide) rings is 1. The van der Waals surface area contributed by atoms with Gasteiger partial charge in [-0.1, -0.05) is 37.4 Å². The Balaban J connectivity index is 1.63. The highest BCUT2D eigenvalue weighted by Gasteiger charge is 2.60. The first-order chi connectivity index (χ1) is 15.3. The Morgan fingerprint density at radius 1 is 1.53 bits per heavy atom. The van der Waals surface area contributed by atoms with Gasteiger partial charge in [0.15, 0.2) is 4.34 Å². The van der Waals surface area contributed by atoms with Gasteiger partial charge in [-0.15, -0.1) is 11.3 Å². The number of hydrogen-bond acceptors (Lipinski definition) is 9. The van der Waals surface area contributed by atoms with Crippen LogP contribution < -0.4 is 0 Å². The van der Waals surface area contributed by atoms with Crippen LogP contribution >= 0.6 is 23.1 Å². The van der Waals surface area contributed by atoms with Crippen LogP contribution in [-0.2, 0) is 14.3 Å². The summed E-state index contributed by atoms with van der Waals surface area (Å²) in [6.07, 6.45) is 2.75. The first kappa shape index (κ1) is 23.2. The van der Waals surface area contributed by atoms with E-state index in [1.165, 1.54) is 34.1 Å². The maximum Gasteiger partial charge on any atom is 0.356 e.